The molecule has 1 aromatic heterocycles. The zero-order chi connectivity index (χ0) is 18.0. The van der Waals surface area contributed by atoms with Gasteiger partial charge in [-0.1, -0.05) is 41.4 Å². The molecule has 25 heavy (non-hydrogen) atoms. The Morgan fingerprint density at radius 1 is 1.16 bits per heavy atom. The summed E-state index contributed by atoms with van der Waals surface area (Å²) in [5, 5.41) is 0.710. The van der Waals surface area contributed by atoms with Crippen molar-refractivity contribution in [3.63, 3.8) is 0 Å². The fourth-order valence-electron chi connectivity index (χ4n) is 2.60. The monoisotopic (exact) mass is 379 g/mol. The molecule has 0 saturated carbocycles. The van der Waals surface area contributed by atoms with E-state index in [9.17, 15) is 9.59 Å². The lowest BCUT2D eigenvalue weighted by Crippen LogP contribution is -2.26. The average Bonchev–Trinajstić information content (AvgIpc) is 2.56. The van der Waals surface area contributed by atoms with Crippen LogP contribution in [-0.2, 0) is 6.54 Å². The van der Waals surface area contributed by atoms with Gasteiger partial charge in [0.2, 0.25) is 0 Å². The van der Waals surface area contributed by atoms with Gasteiger partial charge in [-0.2, -0.15) is 0 Å². The van der Waals surface area contributed by atoms with E-state index in [1.54, 1.807) is 0 Å². The first-order valence-corrected chi connectivity index (χ1v) is 8.44. The average molecular weight is 380 g/mol. The van der Waals surface area contributed by atoms with Crippen LogP contribution in [0, 0.1) is 6.92 Å². The van der Waals surface area contributed by atoms with Crippen LogP contribution in [0.2, 0.25) is 10.0 Å². The molecule has 0 saturated heterocycles. The molecule has 0 aliphatic heterocycles. The molecule has 0 atom stereocenters. The van der Waals surface area contributed by atoms with Gasteiger partial charge >= 0.3 is 11.4 Å². The van der Waals surface area contributed by atoms with Crippen molar-refractivity contribution < 1.29 is 9.15 Å². The van der Waals surface area contributed by atoms with Crippen LogP contribution < -0.4 is 16.1 Å². The lowest BCUT2D eigenvalue weighted by Gasteiger charge is -2.12. The molecule has 130 valence electrons. The number of hydrogen-bond donors (Lipinski definition) is 0. The summed E-state index contributed by atoms with van der Waals surface area (Å²) in [7, 11) is 0. The molecule has 0 fully saturated rings. The summed E-state index contributed by atoms with van der Waals surface area (Å²) in [6.07, 6.45) is 0.538. The quantitative estimate of drug-likeness (QED) is 0.627. The molecule has 0 radical (unpaired) electrons. The number of para-hydroxylation sites is 1. The van der Waals surface area contributed by atoms with Crippen LogP contribution in [0.3, 0.4) is 0 Å². The topological polar surface area (TPSA) is 61.4 Å². The predicted octanol–water partition coefficient (Wildman–Crippen LogP) is 4.04. The Labute approximate surface area is 153 Å². The van der Waals surface area contributed by atoms with Crippen LogP contribution in [0.5, 0.6) is 5.75 Å². The molecule has 0 N–H and O–H groups in total. The van der Waals surface area contributed by atoms with Crippen LogP contribution in [0.25, 0.3) is 10.9 Å². The Kier molecular flexibility index (Phi) is 5.16. The number of halogens is 2. The number of aryl methyl sites for hydroxylation is 2. The van der Waals surface area contributed by atoms with Crippen molar-refractivity contribution >= 4 is 34.1 Å². The second-order valence-electron chi connectivity index (χ2n) is 5.56. The van der Waals surface area contributed by atoms with Gasteiger partial charge < -0.3 is 9.15 Å². The summed E-state index contributed by atoms with van der Waals surface area (Å²) < 4.78 is 11.8. The molecular weight excluding hydrogens is 365 g/mol. The number of ether oxygens (including phenoxy) is 1. The maximum absolute atomic E-state index is 12.1. The molecule has 3 rings (SSSR count). The fourth-order valence-corrected chi connectivity index (χ4v) is 3.20. The van der Waals surface area contributed by atoms with Crippen LogP contribution >= 0.6 is 23.2 Å². The Hall–Kier alpha value is -2.24. The number of rotatable bonds is 5. The van der Waals surface area contributed by atoms with E-state index >= 15 is 0 Å². The lowest BCUT2D eigenvalue weighted by molar-refractivity contribution is 0.295. The Morgan fingerprint density at radius 3 is 2.68 bits per heavy atom. The van der Waals surface area contributed by atoms with Gasteiger partial charge in [-0.15, -0.1) is 0 Å². The van der Waals surface area contributed by atoms with Crippen molar-refractivity contribution in [2.75, 3.05) is 6.61 Å². The number of nitrogens with zero attached hydrogens (tertiary/aromatic N) is 1. The van der Waals surface area contributed by atoms with Gasteiger partial charge in [0.25, 0.3) is 0 Å². The molecule has 3 aromatic rings. The summed E-state index contributed by atoms with van der Waals surface area (Å²) in [5.41, 5.74) is 0.605. The maximum Gasteiger partial charge on any atom is 0.422 e. The van der Waals surface area contributed by atoms with Gasteiger partial charge in [0.05, 0.1) is 22.5 Å². The van der Waals surface area contributed by atoms with Crippen molar-refractivity contribution in [1.82, 2.24) is 4.57 Å². The van der Waals surface area contributed by atoms with Gasteiger partial charge in [-0.3, -0.25) is 4.57 Å². The highest BCUT2D eigenvalue weighted by Crippen LogP contribution is 2.25. The standard InChI is InChI=1S/C18H15Cl2NO4/c1-11-5-2-3-6-15(11)24-8-4-7-21-16-13(17(22)25-18(21)23)9-12(19)10-14(16)20/h2-3,5-6,9-10H,4,7-8H2,1H3. The first-order chi connectivity index (χ1) is 12.0. The second-order valence-corrected chi connectivity index (χ2v) is 6.40. The molecule has 5 nitrogen and oxygen atoms in total. The highest BCUT2D eigenvalue weighted by atomic mass is 35.5. The number of fused-ring (bicyclic) bond motifs is 1. The predicted molar refractivity (Wildman–Crippen MR) is 98.1 cm³/mol. The third-order valence-corrected chi connectivity index (χ3v) is 4.30. The molecule has 1 heterocycles. The molecule has 0 spiro atoms. The highest BCUT2D eigenvalue weighted by Gasteiger charge is 2.14. The van der Waals surface area contributed by atoms with Crippen molar-refractivity contribution in [3.05, 3.63) is 73.0 Å². The molecule has 0 unspecified atom stereocenters. The van der Waals surface area contributed by atoms with Crippen molar-refractivity contribution in [3.8, 4) is 5.75 Å². The normalized spacial score (nSPS) is 11.0. The van der Waals surface area contributed by atoms with Gasteiger partial charge in [-0.05, 0) is 37.1 Å². The largest absolute Gasteiger partial charge is 0.493 e. The molecule has 0 amide bonds. The fraction of sp³-hybridized carbons (Fsp3) is 0.222. The Morgan fingerprint density at radius 2 is 1.92 bits per heavy atom. The Balaban J connectivity index is 1.83. The van der Waals surface area contributed by atoms with E-state index in [0.717, 1.165) is 11.3 Å². The summed E-state index contributed by atoms with van der Waals surface area (Å²) in [6, 6.07) is 10.6. The van der Waals surface area contributed by atoms with E-state index < -0.39 is 11.4 Å². The molecule has 0 aliphatic carbocycles. The second kappa shape index (κ2) is 7.33. The minimum Gasteiger partial charge on any atom is -0.493 e. The van der Waals surface area contributed by atoms with Crippen LogP contribution in [0.4, 0.5) is 0 Å². The molecule has 0 bridgehead atoms. The molecule has 0 aliphatic rings. The van der Waals surface area contributed by atoms with Crippen molar-refractivity contribution in [2.45, 2.75) is 19.9 Å². The summed E-state index contributed by atoms with van der Waals surface area (Å²) in [6.45, 7) is 2.66. The number of aromatic nitrogens is 1. The third kappa shape index (κ3) is 3.72. The van der Waals surface area contributed by atoms with Gasteiger partial charge in [0.1, 0.15) is 5.75 Å². The summed E-state index contributed by atoms with van der Waals surface area (Å²) in [5.74, 6) is 0.0433. The van der Waals surface area contributed by atoms with Crippen LogP contribution in [0.15, 0.2) is 50.4 Å². The van der Waals surface area contributed by atoms with Crippen LogP contribution in [-0.4, -0.2) is 11.2 Å². The van der Waals surface area contributed by atoms with E-state index in [2.05, 4.69) is 0 Å². The zero-order valence-electron chi connectivity index (χ0n) is 13.4. The third-order valence-electron chi connectivity index (χ3n) is 3.80. The zero-order valence-corrected chi connectivity index (χ0v) is 14.9. The smallest absolute Gasteiger partial charge is 0.422 e. The highest BCUT2D eigenvalue weighted by molar-refractivity contribution is 6.38. The summed E-state index contributed by atoms with van der Waals surface area (Å²) >= 11 is 12.1. The first kappa shape index (κ1) is 17.6. The van der Waals surface area contributed by atoms with Crippen molar-refractivity contribution in [1.29, 1.82) is 0 Å². The van der Waals surface area contributed by atoms with Crippen molar-refractivity contribution in [2.24, 2.45) is 0 Å². The minimum absolute atomic E-state index is 0.178. The molecule has 7 heteroatoms. The number of hydrogen-bond acceptors (Lipinski definition) is 4. The molecular formula is C18H15Cl2NO4. The van der Waals surface area contributed by atoms with Gasteiger partial charge in [0.15, 0.2) is 0 Å². The van der Waals surface area contributed by atoms with E-state index in [1.165, 1.54) is 16.7 Å². The minimum atomic E-state index is -0.753. The summed E-state index contributed by atoms with van der Waals surface area (Å²) in [4.78, 5) is 24.0. The molecule has 2 aromatic carbocycles. The Bertz CT molecular complexity index is 1040. The van der Waals surface area contributed by atoms with Gasteiger partial charge in [0, 0.05) is 11.6 Å². The lowest BCUT2D eigenvalue weighted by atomic mass is 10.2. The maximum atomic E-state index is 12.1. The van der Waals surface area contributed by atoms with E-state index in [4.69, 9.17) is 32.4 Å². The first-order valence-electron chi connectivity index (χ1n) is 7.68. The van der Waals surface area contributed by atoms with E-state index in [0.29, 0.717) is 30.1 Å². The van der Waals surface area contributed by atoms with Gasteiger partial charge in [-0.25, -0.2) is 9.59 Å². The van der Waals surface area contributed by atoms with E-state index in [-0.39, 0.29) is 10.4 Å². The SMILES string of the molecule is Cc1ccccc1OCCCn1c(=O)oc(=O)c2cc(Cl)cc(Cl)c21. The number of benzene rings is 2. The van der Waals surface area contributed by atoms with E-state index in [1.807, 2.05) is 31.2 Å². The van der Waals surface area contributed by atoms with Crippen LogP contribution in [0.1, 0.15) is 12.0 Å².